The molecule has 1 rings (SSSR count). The molecule has 0 aliphatic rings. The fraction of sp³-hybridized carbons (Fsp3) is 0.375. The largest absolute Gasteiger partial charge is 0.243 e. The molecule has 0 radical (unpaired) electrons. The van der Waals surface area contributed by atoms with Gasteiger partial charge in [0.25, 0.3) is 0 Å². The first-order chi connectivity index (χ1) is 5.59. The maximum Gasteiger partial charge on any atom is 0.129 e. The van der Waals surface area contributed by atoms with Crippen LogP contribution in [0.5, 0.6) is 0 Å². The number of hydrogen-bond donors (Lipinski definition) is 0. The van der Waals surface area contributed by atoms with Gasteiger partial charge in [0.2, 0.25) is 0 Å². The van der Waals surface area contributed by atoms with E-state index in [1.165, 1.54) is 0 Å². The fourth-order valence-electron chi connectivity index (χ4n) is 0.911. The van der Waals surface area contributed by atoms with E-state index in [1.54, 1.807) is 12.3 Å². The number of halogens is 3. The van der Waals surface area contributed by atoms with E-state index >= 15 is 0 Å². The molecule has 1 nitrogen and oxygen atoms in total. The molecule has 0 amide bonds. The Morgan fingerprint density at radius 2 is 2.25 bits per heavy atom. The van der Waals surface area contributed by atoms with Gasteiger partial charge in [0, 0.05) is 11.0 Å². The lowest BCUT2D eigenvalue weighted by atomic mass is 10.1. The Hall–Kier alpha value is 0.210. The van der Waals surface area contributed by atoms with Crippen LogP contribution >= 0.6 is 39.1 Å². The van der Waals surface area contributed by atoms with Crippen LogP contribution in [-0.2, 0) is 6.42 Å². The molecule has 1 aromatic heterocycles. The molecule has 1 heterocycles. The number of nitrogens with zero attached hydrogens (tertiary/aromatic N) is 1. The second kappa shape index (κ2) is 4.45. The van der Waals surface area contributed by atoms with E-state index in [1.807, 2.05) is 0 Å². The molecular weight excluding hydrogens is 261 g/mol. The number of rotatable bonds is 2. The van der Waals surface area contributed by atoms with Crippen molar-refractivity contribution in [2.75, 3.05) is 0 Å². The molecule has 0 aliphatic carbocycles. The highest BCUT2D eigenvalue weighted by molar-refractivity contribution is 9.09. The third-order valence-corrected chi connectivity index (χ3v) is 2.27. The normalized spacial score (nSPS) is 13.0. The highest BCUT2D eigenvalue weighted by Gasteiger charge is 2.04. The highest BCUT2D eigenvalue weighted by Crippen LogP contribution is 2.21. The van der Waals surface area contributed by atoms with E-state index in [0.717, 1.165) is 12.0 Å². The van der Waals surface area contributed by atoms with E-state index in [9.17, 15) is 0 Å². The fourth-order valence-corrected chi connectivity index (χ4v) is 1.62. The van der Waals surface area contributed by atoms with Crippen molar-refractivity contribution in [3.05, 3.63) is 28.0 Å². The minimum Gasteiger partial charge on any atom is -0.243 e. The van der Waals surface area contributed by atoms with Gasteiger partial charge in [-0.05, 0) is 18.1 Å². The van der Waals surface area contributed by atoms with Crippen molar-refractivity contribution in [2.24, 2.45) is 0 Å². The summed E-state index contributed by atoms with van der Waals surface area (Å²) in [5, 5.41) is 1.16. The van der Waals surface area contributed by atoms with Crippen molar-refractivity contribution in [3.8, 4) is 0 Å². The second-order valence-corrected chi connectivity index (χ2v) is 4.94. The maximum atomic E-state index is 5.90. The van der Waals surface area contributed by atoms with Crippen molar-refractivity contribution >= 4 is 39.1 Å². The first kappa shape index (κ1) is 10.3. The molecule has 1 atom stereocenters. The monoisotopic (exact) mass is 267 g/mol. The Morgan fingerprint density at radius 3 is 2.83 bits per heavy atom. The lowest BCUT2D eigenvalue weighted by Crippen LogP contribution is -1.97. The third kappa shape index (κ3) is 2.92. The summed E-state index contributed by atoms with van der Waals surface area (Å²) in [6, 6.07) is 1.79. The average Bonchev–Trinajstić information content (AvgIpc) is 1.96. The van der Waals surface area contributed by atoms with Crippen molar-refractivity contribution in [1.29, 1.82) is 0 Å². The van der Waals surface area contributed by atoms with Crippen LogP contribution in [0.2, 0.25) is 10.2 Å². The molecule has 4 heteroatoms. The molecule has 66 valence electrons. The smallest absolute Gasteiger partial charge is 0.129 e. The number of hydrogen-bond acceptors (Lipinski definition) is 1. The van der Waals surface area contributed by atoms with Crippen LogP contribution in [-0.4, -0.2) is 9.81 Å². The van der Waals surface area contributed by atoms with Crippen molar-refractivity contribution in [2.45, 2.75) is 18.2 Å². The Labute approximate surface area is 90.2 Å². The van der Waals surface area contributed by atoms with E-state index in [4.69, 9.17) is 23.2 Å². The van der Waals surface area contributed by atoms with Gasteiger partial charge in [0.15, 0.2) is 0 Å². The molecule has 1 unspecified atom stereocenters. The summed E-state index contributed by atoms with van der Waals surface area (Å²) in [6.07, 6.45) is 2.44. The quantitative estimate of drug-likeness (QED) is 0.589. The summed E-state index contributed by atoms with van der Waals surface area (Å²) in [4.78, 5) is 4.26. The molecule has 0 saturated heterocycles. The number of pyridine rings is 1. The summed E-state index contributed by atoms with van der Waals surface area (Å²) in [5.41, 5.74) is 1.03. The first-order valence-corrected chi connectivity index (χ1v) is 5.20. The molecule has 1 aromatic rings. The van der Waals surface area contributed by atoms with Gasteiger partial charge in [-0.15, -0.1) is 0 Å². The molecule has 0 aromatic carbocycles. The predicted molar refractivity (Wildman–Crippen MR) is 56.4 cm³/mol. The van der Waals surface area contributed by atoms with Gasteiger partial charge in [-0.1, -0.05) is 46.1 Å². The van der Waals surface area contributed by atoms with E-state index in [-0.39, 0.29) is 0 Å². The minimum atomic E-state index is 0.397. The van der Waals surface area contributed by atoms with Crippen molar-refractivity contribution in [1.82, 2.24) is 4.98 Å². The van der Waals surface area contributed by atoms with Crippen molar-refractivity contribution in [3.63, 3.8) is 0 Å². The van der Waals surface area contributed by atoms with Crippen LogP contribution in [0.3, 0.4) is 0 Å². The topological polar surface area (TPSA) is 12.9 Å². The third-order valence-electron chi connectivity index (χ3n) is 1.40. The molecule has 0 saturated carbocycles. The van der Waals surface area contributed by atoms with Gasteiger partial charge in [0.05, 0.1) is 5.02 Å². The lowest BCUT2D eigenvalue weighted by molar-refractivity contribution is 0.955. The predicted octanol–water partition coefficient (Wildman–Crippen LogP) is 3.71. The van der Waals surface area contributed by atoms with E-state index in [0.29, 0.717) is 15.0 Å². The Balaban J connectivity index is 2.90. The SMILES string of the molecule is CC(Br)Cc1cc(Cl)ncc1Cl. The summed E-state index contributed by atoms with van der Waals surface area (Å²) in [5.74, 6) is 0. The van der Waals surface area contributed by atoms with Crippen LogP contribution in [0, 0.1) is 0 Å². The summed E-state index contributed by atoms with van der Waals surface area (Å²) in [7, 11) is 0. The lowest BCUT2D eigenvalue weighted by Gasteiger charge is -2.05. The standard InChI is InChI=1S/C8H8BrCl2N/c1-5(9)2-6-3-8(11)12-4-7(6)10/h3-5H,2H2,1H3. The summed E-state index contributed by atoms with van der Waals surface area (Å²) >= 11 is 15.1. The molecular formula is C8H8BrCl2N. The average molecular weight is 269 g/mol. The zero-order valence-electron chi connectivity index (χ0n) is 6.52. The maximum absolute atomic E-state index is 5.90. The molecule has 0 fully saturated rings. The zero-order chi connectivity index (χ0) is 9.14. The highest BCUT2D eigenvalue weighted by atomic mass is 79.9. The minimum absolute atomic E-state index is 0.397. The number of alkyl halides is 1. The second-order valence-electron chi connectivity index (χ2n) is 2.58. The molecule has 0 aliphatic heterocycles. The van der Waals surface area contributed by atoms with E-state index in [2.05, 4.69) is 27.8 Å². The molecule has 0 bridgehead atoms. The van der Waals surface area contributed by atoms with Gasteiger partial charge >= 0.3 is 0 Å². The van der Waals surface area contributed by atoms with Gasteiger partial charge in [0.1, 0.15) is 5.15 Å². The molecule has 12 heavy (non-hydrogen) atoms. The Kier molecular flexibility index (Phi) is 3.81. The first-order valence-electron chi connectivity index (χ1n) is 3.53. The molecule has 0 spiro atoms. The zero-order valence-corrected chi connectivity index (χ0v) is 9.62. The van der Waals surface area contributed by atoms with Crippen LogP contribution in [0.15, 0.2) is 12.3 Å². The Morgan fingerprint density at radius 1 is 1.58 bits per heavy atom. The Bertz CT molecular complexity index is 276. The van der Waals surface area contributed by atoms with Crippen LogP contribution < -0.4 is 0 Å². The van der Waals surface area contributed by atoms with Crippen LogP contribution in [0.4, 0.5) is 0 Å². The molecule has 0 N–H and O–H groups in total. The van der Waals surface area contributed by atoms with Crippen molar-refractivity contribution < 1.29 is 0 Å². The summed E-state index contributed by atoms with van der Waals surface area (Å²) in [6.45, 7) is 2.06. The van der Waals surface area contributed by atoms with Gasteiger partial charge in [-0.25, -0.2) is 4.98 Å². The van der Waals surface area contributed by atoms with Crippen LogP contribution in [0.1, 0.15) is 12.5 Å². The van der Waals surface area contributed by atoms with Gasteiger partial charge < -0.3 is 0 Å². The van der Waals surface area contributed by atoms with Gasteiger partial charge in [-0.3, -0.25) is 0 Å². The van der Waals surface area contributed by atoms with Crippen LogP contribution in [0.25, 0.3) is 0 Å². The number of aromatic nitrogens is 1. The summed E-state index contributed by atoms with van der Waals surface area (Å²) < 4.78 is 0. The van der Waals surface area contributed by atoms with Gasteiger partial charge in [-0.2, -0.15) is 0 Å². The van der Waals surface area contributed by atoms with E-state index < -0.39 is 0 Å².